The highest BCUT2D eigenvalue weighted by molar-refractivity contribution is 6.05. The number of furan rings is 1. The molecule has 89 valence electrons. The maximum Gasteiger partial charge on any atom is 0.136 e. The molecule has 0 aliphatic heterocycles. The lowest BCUT2D eigenvalue weighted by atomic mass is 10.0. The van der Waals surface area contributed by atoms with Gasteiger partial charge >= 0.3 is 0 Å². The smallest absolute Gasteiger partial charge is 0.136 e. The zero-order chi connectivity index (χ0) is 12.7. The third-order valence-corrected chi connectivity index (χ3v) is 3.26. The van der Waals surface area contributed by atoms with E-state index in [1.165, 1.54) is 0 Å². The summed E-state index contributed by atoms with van der Waals surface area (Å²) in [5.41, 5.74) is 3.87. The Morgan fingerprint density at radius 3 is 2.74 bits per heavy atom. The highest BCUT2D eigenvalue weighted by Gasteiger charge is 2.08. The molecule has 2 heteroatoms. The van der Waals surface area contributed by atoms with Crippen molar-refractivity contribution in [2.24, 2.45) is 0 Å². The fourth-order valence-electron chi connectivity index (χ4n) is 2.34. The molecule has 0 saturated carbocycles. The summed E-state index contributed by atoms with van der Waals surface area (Å²) < 4.78 is 5.80. The maximum absolute atomic E-state index is 5.80. The SMILES string of the molecule is [c]1c(-c2cccnc2)ccc2oc3ccccc3c12. The van der Waals surface area contributed by atoms with Crippen LogP contribution in [0.5, 0.6) is 0 Å². The van der Waals surface area contributed by atoms with Crippen molar-refractivity contribution in [3.63, 3.8) is 0 Å². The molecule has 0 spiro atoms. The quantitative estimate of drug-likeness (QED) is 0.494. The number of hydrogen-bond acceptors (Lipinski definition) is 2. The highest BCUT2D eigenvalue weighted by Crippen LogP contribution is 2.31. The van der Waals surface area contributed by atoms with Gasteiger partial charge in [-0.25, -0.2) is 0 Å². The van der Waals surface area contributed by atoms with Crippen LogP contribution in [0.3, 0.4) is 0 Å². The number of benzene rings is 2. The molecule has 1 radical (unpaired) electrons. The second-order valence-corrected chi connectivity index (χ2v) is 4.45. The maximum atomic E-state index is 5.80. The Balaban J connectivity index is 2.03. The largest absolute Gasteiger partial charge is 0.456 e. The highest BCUT2D eigenvalue weighted by atomic mass is 16.3. The molecular weight excluding hydrogens is 234 g/mol. The van der Waals surface area contributed by atoms with Gasteiger partial charge < -0.3 is 4.42 Å². The van der Waals surface area contributed by atoms with Gasteiger partial charge in [0.05, 0.1) is 0 Å². The average molecular weight is 244 g/mol. The molecule has 4 aromatic rings. The van der Waals surface area contributed by atoms with Gasteiger partial charge in [0, 0.05) is 34.8 Å². The number of para-hydroxylation sites is 1. The molecule has 2 aromatic heterocycles. The summed E-state index contributed by atoms with van der Waals surface area (Å²) in [4.78, 5) is 4.15. The van der Waals surface area contributed by atoms with Crippen molar-refractivity contribution in [2.45, 2.75) is 0 Å². The van der Waals surface area contributed by atoms with Gasteiger partial charge in [-0.15, -0.1) is 0 Å². The van der Waals surface area contributed by atoms with Crippen LogP contribution in [-0.2, 0) is 0 Å². The van der Waals surface area contributed by atoms with Crippen molar-refractivity contribution in [2.75, 3.05) is 0 Å². The minimum atomic E-state index is 0.869. The van der Waals surface area contributed by atoms with Gasteiger partial charge in [-0.2, -0.15) is 0 Å². The molecule has 2 nitrogen and oxygen atoms in total. The molecule has 0 aliphatic carbocycles. The first kappa shape index (κ1) is 10.3. The minimum Gasteiger partial charge on any atom is -0.456 e. The van der Waals surface area contributed by atoms with Crippen LogP contribution >= 0.6 is 0 Å². The van der Waals surface area contributed by atoms with Crippen molar-refractivity contribution < 1.29 is 4.42 Å². The number of nitrogens with zero attached hydrogens (tertiary/aromatic N) is 1. The van der Waals surface area contributed by atoms with Gasteiger partial charge in [-0.05, 0) is 29.8 Å². The van der Waals surface area contributed by atoms with E-state index in [2.05, 4.69) is 17.1 Å². The van der Waals surface area contributed by atoms with E-state index in [-0.39, 0.29) is 0 Å². The summed E-state index contributed by atoms with van der Waals surface area (Å²) in [6, 6.07) is 19.4. The Morgan fingerprint density at radius 1 is 0.895 bits per heavy atom. The molecule has 0 saturated heterocycles. The van der Waals surface area contributed by atoms with Gasteiger partial charge in [0.15, 0.2) is 0 Å². The molecule has 0 amide bonds. The molecule has 0 fully saturated rings. The van der Waals surface area contributed by atoms with E-state index < -0.39 is 0 Å². The van der Waals surface area contributed by atoms with Gasteiger partial charge in [0.25, 0.3) is 0 Å². The third kappa shape index (κ3) is 1.61. The first-order valence-electron chi connectivity index (χ1n) is 6.16. The lowest BCUT2D eigenvalue weighted by Gasteiger charge is -1.99. The lowest BCUT2D eigenvalue weighted by molar-refractivity contribution is 0.669. The van der Waals surface area contributed by atoms with Crippen molar-refractivity contribution >= 4 is 21.9 Å². The van der Waals surface area contributed by atoms with Crippen LogP contribution in [0.1, 0.15) is 0 Å². The number of pyridine rings is 1. The Kier molecular flexibility index (Phi) is 2.15. The molecule has 4 rings (SSSR count). The van der Waals surface area contributed by atoms with Crippen LogP contribution in [0.4, 0.5) is 0 Å². The molecule has 0 unspecified atom stereocenters. The number of hydrogen-bond donors (Lipinski definition) is 0. The van der Waals surface area contributed by atoms with Crippen LogP contribution in [0.15, 0.2) is 65.3 Å². The van der Waals surface area contributed by atoms with Crippen molar-refractivity contribution in [1.82, 2.24) is 4.98 Å². The van der Waals surface area contributed by atoms with Crippen LogP contribution in [0.25, 0.3) is 33.1 Å². The second kappa shape index (κ2) is 3.95. The predicted octanol–water partition coefficient (Wildman–Crippen LogP) is 4.45. The van der Waals surface area contributed by atoms with E-state index >= 15 is 0 Å². The molecule has 19 heavy (non-hydrogen) atoms. The zero-order valence-electron chi connectivity index (χ0n) is 10.1. The first-order chi connectivity index (χ1) is 9.42. The standard InChI is InChI=1S/C17H10NO/c1-2-6-16-14(5-1)15-10-12(7-8-17(15)19-16)13-4-3-9-18-11-13/h1-9,11H. The van der Waals surface area contributed by atoms with Crippen molar-refractivity contribution in [3.05, 3.63) is 67.0 Å². The average Bonchev–Trinajstić information content (AvgIpc) is 2.86. The Morgan fingerprint density at radius 2 is 1.84 bits per heavy atom. The van der Waals surface area contributed by atoms with Gasteiger partial charge in [0.2, 0.25) is 0 Å². The summed E-state index contributed by atoms with van der Waals surface area (Å²) in [5.74, 6) is 0. The topological polar surface area (TPSA) is 26.0 Å². The molecule has 2 aromatic carbocycles. The van der Waals surface area contributed by atoms with Gasteiger partial charge in [-0.3, -0.25) is 4.98 Å². The number of aromatic nitrogens is 1. The van der Waals surface area contributed by atoms with E-state index in [0.717, 1.165) is 33.1 Å². The minimum absolute atomic E-state index is 0.869. The molecule has 2 heterocycles. The fraction of sp³-hybridized carbons (Fsp3) is 0. The predicted molar refractivity (Wildman–Crippen MR) is 75.8 cm³/mol. The molecule has 0 aliphatic rings. The van der Waals surface area contributed by atoms with Crippen LogP contribution in [-0.4, -0.2) is 4.98 Å². The van der Waals surface area contributed by atoms with Crippen LogP contribution in [0.2, 0.25) is 0 Å². The van der Waals surface area contributed by atoms with E-state index in [1.54, 1.807) is 6.20 Å². The molecule has 0 bridgehead atoms. The third-order valence-electron chi connectivity index (χ3n) is 3.26. The summed E-state index contributed by atoms with van der Waals surface area (Å²) in [6.45, 7) is 0. The Hall–Kier alpha value is -2.61. The molecular formula is C17H10NO. The van der Waals surface area contributed by atoms with E-state index in [1.807, 2.05) is 48.7 Å². The second-order valence-electron chi connectivity index (χ2n) is 4.45. The summed E-state index contributed by atoms with van der Waals surface area (Å²) in [6.07, 6.45) is 3.62. The zero-order valence-corrected chi connectivity index (χ0v) is 10.1. The van der Waals surface area contributed by atoms with Crippen molar-refractivity contribution in [3.8, 4) is 11.1 Å². The monoisotopic (exact) mass is 244 g/mol. The van der Waals surface area contributed by atoms with Gasteiger partial charge in [0.1, 0.15) is 11.2 Å². The Bertz CT molecular complexity index is 862. The molecule has 0 atom stereocenters. The summed E-state index contributed by atoms with van der Waals surface area (Å²) in [7, 11) is 0. The van der Waals surface area contributed by atoms with Crippen LogP contribution in [0, 0.1) is 6.07 Å². The first-order valence-corrected chi connectivity index (χ1v) is 6.16. The normalized spacial score (nSPS) is 11.2. The van der Waals surface area contributed by atoms with Gasteiger partial charge in [-0.1, -0.05) is 24.3 Å². The fourth-order valence-corrected chi connectivity index (χ4v) is 2.34. The van der Waals surface area contributed by atoms with E-state index in [4.69, 9.17) is 4.42 Å². The molecule has 0 N–H and O–H groups in total. The summed E-state index contributed by atoms with van der Waals surface area (Å²) >= 11 is 0. The Labute approximate surface area is 110 Å². The van der Waals surface area contributed by atoms with Crippen LogP contribution < -0.4 is 0 Å². The van der Waals surface area contributed by atoms with E-state index in [0.29, 0.717) is 0 Å². The van der Waals surface area contributed by atoms with Crippen molar-refractivity contribution in [1.29, 1.82) is 0 Å². The number of rotatable bonds is 1. The van der Waals surface area contributed by atoms with E-state index in [9.17, 15) is 0 Å². The lowest BCUT2D eigenvalue weighted by Crippen LogP contribution is -1.79. The summed E-state index contributed by atoms with van der Waals surface area (Å²) in [5, 5.41) is 2.13. The number of fused-ring (bicyclic) bond motifs is 3.